The van der Waals surface area contributed by atoms with Gasteiger partial charge < -0.3 is 10.6 Å². The summed E-state index contributed by atoms with van der Waals surface area (Å²) in [4.78, 5) is 26.1. The van der Waals surface area contributed by atoms with Crippen molar-refractivity contribution in [3.8, 4) is 0 Å². The van der Waals surface area contributed by atoms with Gasteiger partial charge in [-0.25, -0.2) is 8.42 Å². The number of hydrogen-bond acceptors (Lipinski definition) is 6. The summed E-state index contributed by atoms with van der Waals surface area (Å²) in [5, 5.41) is 7.37. The van der Waals surface area contributed by atoms with Crippen molar-refractivity contribution in [1.29, 1.82) is 0 Å². The van der Waals surface area contributed by atoms with Crippen molar-refractivity contribution >= 4 is 50.4 Å². The molecule has 0 fully saturated rings. The second kappa shape index (κ2) is 8.67. The van der Waals surface area contributed by atoms with E-state index in [2.05, 4.69) is 10.6 Å². The van der Waals surface area contributed by atoms with E-state index in [0.29, 0.717) is 5.69 Å². The SMILES string of the molecule is CCC(NC(=O)CCS(=O)(=O)c1ccc2c(c1)NC(=O)C(C)S2)c1cccs1. The lowest BCUT2D eigenvalue weighted by Crippen LogP contribution is -2.29. The van der Waals surface area contributed by atoms with Crippen LogP contribution in [0.15, 0.2) is 45.5 Å². The summed E-state index contributed by atoms with van der Waals surface area (Å²) in [7, 11) is -3.63. The van der Waals surface area contributed by atoms with Crippen LogP contribution in [0.25, 0.3) is 0 Å². The third-order valence-corrected chi connectivity index (χ3v) is 8.35. The van der Waals surface area contributed by atoms with Crippen LogP contribution in [0, 0.1) is 0 Å². The molecule has 1 aromatic heterocycles. The maximum Gasteiger partial charge on any atom is 0.237 e. The Kier molecular flexibility index (Phi) is 6.47. The van der Waals surface area contributed by atoms with Crippen LogP contribution in [0.1, 0.15) is 37.6 Å². The molecule has 150 valence electrons. The Bertz CT molecular complexity index is 971. The second-order valence-electron chi connectivity index (χ2n) is 6.52. The molecule has 1 aromatic carbocycles. The molecule has 0 spiro atoms. The first-order chi connectivity index (χ1) is 13.3. The number of carbonyl (C=O) groups is 2. The number of thiophene rings is 1. The van der Waals surface area contributed by atoms with Crippen molar-refractivity contribution in [3.05, 3.63) is 40.6 Å². The van der Waals surface area contributed by atoms with Crippen molar-refractivity contribution < 1.29 is 18.0 Å². The molecule has 6 nitrogen and oxygen atoms in total. The summed E-state index contributed by atoms with van der Waals surface area (Å²) >= 11 is 2.96. The highest BCUT2D eigenvalue weighted by Crippen LogP contribution is 2.36. The largest absolute Gasteiger partial charge is 0.348 e. The Morgan fingerprint density at radius 1 is 1.32 bits per heavy atom. The molecule has 0 bridgehead atoms. The van der Waals surface area contributed by atoms with E-state index in [1.807, 2.05) is 24.4 Å². The van der Waals surface area contributed by atoms with Gasteiger partial charge in [0.15, 0.2) is 9.84 Å². The minimum absolute atomic E-state index is 0.104. The number of thioether (sulfide) groups is 1. The molecule has 0 radical (unpaired) electrons. The van der Waals surface area contributed by atoms with Crippen LogP contribution in [0.5, 0.6) is 0 Å². The highest BCUT2D eigenvalue weighted by atomic mass is 32.2. The number of carbonyl (C=O) groups excluding carboxylic acids is 2. The lowest BCUT2D eigenvalue weighted by atomic mass is 10.2. The molecule has 2 aromatic rings. The number of fused-ring (bicyclic) bond motifs is 1. The topological polar surface area (TPSA) is 92.3 Å². The second-order valence-corrected chi connectivity index (χ2v) is 11.0. The maximum atomic E-state index is 12.7. The van der Waals surface area contributed by atoms with E-state index in [-0.39, 0.29) is 40.2 Å². The standard InChI is InChI=1S/C19H22N2O4S3/c1-3-14(16-5-4-9-26-16)20-18(22)8-10-28(24,25)13-6-7-17-15(11-13)21-19(23)12(2)27-17/h4-7,9,11-12,14H,3,8,10H2,1-2H3,(H,20,22)(H,21,23). The van der Waals surface area contributed by atoms with Crippen LogP contribution in [0.4, 0.5) is 5.69 Å². The number of amides is 2. The predicted octanol–water partition coefficient (Wildman–Crippen LogP) is 3.61. The monoisotopic (exact) mass is 438 g/mol. The van der Waals surface area contributed by atoms with Crippen LogP contribution in [-0.2, 0) is 19.4 Å². The highest BCUT2D eigenvalue weighted by Gasteiger charge is 2.25. The molecule has 2 N–H and O–H groups in total. The molecule has 2 atom stereocenters. The highest BCUT2D eigenvalue weighted by molar-refractivity contribution is 8.01. The van der Waals surface area contributed by atoms with Crippen molar-refractivity contribution in [2.24, 2.45) is 0 Å². The lowest BCUT2D eigenvalue weighted by molar-refractivity contribution is -0.121. The minimum atomic E-state index is -3.63. The molecular weight excluding hydrogens is 416 g/mol. The van der Waals surface area contributed by atoms with Gasteiger partial charge in [0.2, 0.25) is 11.8 Å². The zero-order chi connectivity index (χ0) is 20.3. The van der Waals surface area contributed by atoms with E-state index < -0.39 is 9.84 Å². The maximum absolute atomic E-state index is 12.7. The Hall–Kier alpha value is -1.84. The average molecular weight is 439 g/mol. The lowest BCUT2D eigenvalue weighted by Gasteiger charge is -2.21. The fourth-order valence-corrected chi connectivity index (χ4v) is 5.91. The first-order valence-electron chi connectivity index (χ1n) is 8.97. The van der Waals surface area contributed by atoms with Crippen LogP contribution in [0.2, 0.25) is 0 Å². The zero-order valence-electron chi connectivity index (χ0n) is 15.6. The van der Waals surface area contributed by atoms with Gasteiger partial charge in [0, 0.05) is 16.2 Å². The summed E-state index contributed by atoms with van der Waals surface area (Å²) in [6, 6.07) is 8.48. The van der Waals surface area contributed by atoms with Crippen LogP contribution in [-0.4, -0.2) is 31.2 Å². The summed E-state index contributed by atoms with van der Waals surface area (Å²) in [6.07, 6.45) is 0.624. The van der Waals surface area contributed by atoms with Crippen molar-refractivity contribution in [1.82, 2.24) is 5.32 Å². The third-order valence-electron chi connectivity index (χ3n) is 4.47. The molecule has 1 aliphatic rings. The Morgan fingerprint density at radius 2 is 2.11 bits per heavy atom. The number of anilines is 1. The summed E-state index contributed by atoms with van der Waals surface area (Å²) in [5.74, 6) is -0.722. The fraction of sp³-hybridized carbons (Fsp3) is 0.368. The summed E-state index contributed by atoms with van der Waals surface area (Å²) < 4.78 is 25.3. The first kappa shape index (κ1) is 20.9. The van der Waals surface area contributed by atoms with Crippen molar-refractivity contribution in [2.75, 3.05) is 11.1 Å². The zero-order valence-corrected chi connectivity index (χ0v) is 18.0. The fourth-order valence-electron chi connectivity index (χ4n) is 2.86. The molecule has 9 heteroatoms. The number of benzene rings is 1. The molecule has 0 saturated carbocycles. The quantitative estimate of drug-likeness (QED) is 0.689. The van der Waals surface area contributed by atoms with Crippen LogP contribution < -0.4 is 10.6 Å². The van der Waals surface area contributed by atoms with E-state index in [0.717, 1.165) is 16.2 Å². The van der Waals surface area contributed by atoms with Gasteiger partial charge in [0.1, 0.15) is 0 Å². The normalized spacial score (nSPS) is 17.5. The van der Waals surface area contributed by atoms with E-state index in [4.69, 9.17) is 0 Å². The van der Waals surface area contributed by atoms with Gasteiger partial charge in [-0.15, -0.1) is 23.1 Å². The molecule has 2 unspecified atom stereocenters. The molecule has 28 heavy (non-hydrogen) atoms. The molecule has 0 aliphatic carbocycles. The Morgan fingerprint density at radius 3 is 2.79 bits per heavy atom. The Balaban J connectivity index is 1.65. The number of nitrogens with one attached hydrogen (secondary N) is 2. The first-order valence-corrected chi connectivity index (χ1v) is 12.4. The summed E-state index contributed by atoms with van der Waals surface area (Å²) in [5.41, 5.74) is 0.502. The van der Waals surface area contributed by atoms with Gasteiger partial charge in [-0.3, -0.25) is 9.59 Å². The van der Waals surface area contributed by atoms with Gasteiger partial charge in [-0.1, -0.05) is 13.0 Å². The van der Waals surface area contributed by atoms with Gasteiger partial charge in [-0.2, -0.15) is 0 Å². The van der Waals surface area contributed by atoms with Crippen LogP contribution in [0.3, 0.4) is 0 Å². The molecule has 2 amide bonds. The smallest absolute Gasteiger partial charge is 0.237 e. The van der Waals surface area contributed by atoms with E-state index in [9.17, 15) is 18.0 Å². The summed E-state index contributed by atoms with van der Waals surface area (Å²) in [6.45, 7) is 3.77. The molecule has 3 rings (SSSR count). The van der Waals surface area contributed by atoms with Gasteiger partial charge in [0.05, 0.1) is 27.6 Å². The third kappa shape index (κ3) is 4.76. The molecule has 0 saturated heterocycles. The predicted molar refractivity (Wildman–Crippen MR) is 113 cm³/mol. The minimum Gasteiger partial charge on any atom is -0.348 e. The van der Waals surface area contributed by atoms with Gasteiger partial charge in [0.25, 0.3) is 0 Å². The van der Waals surface area contributed by atoms with E-state index in [1.54, 1.807) is 24.3 Å². The molecule has 1 aliphatic heterocycles. The van der Waals surface area contributed by atoms with E-state index in [1.165, 1.54) is 23.9 Å². The van der Waals surface area contributed by atoms with Gasteiger partial charge >= 0.3 is 0 Å². The Labute approximate surface area is 173 Å². The number of sulfone groups is 1. The van der Waals surface area contributed by atoms with Crippen LogP contribution >= 0.6 is 23.1 Å². The molecular formula is C19H22N2O4S3. The number of rotatable bonds is 7. The van der Waals surface area contributed by atoms with E-state index >= 15 is 0 Å². The van der Waals surface area contributed by atoms with Crippen molar-refractivity contribution in [2.45, 2.75) is 47.8 Å². The number of hydrogen-bond donors (Lipinski definition) is 2. The van der Waals surface area contributed by atoms with Crippen molar-refractivity contribution in [3.63, 3.8) is 0 Å². The van der Waals surface area contributed by atoms with Gasteiger partial charge in [-0.05, 0) is 43.0 Å². The molecule has 2 heterocycles. The average Bonchev–Trinajstić information content (AvgIpc) is 3.19.